The molecular formula is C27H28ClN3O3. The van der Waals surface area contributed by atoms with E-state index in [-0.39, 0.29) is 6.61 Å². The highest BCUT2D eigenvalue weighted by atomic mass is 35.5. The maximum Gasteiger partial charge on any atom is 0.228 e. The van der Waals surface area contributed by atoms with Gasteiger partial charge in [0.25, 0.3) is 0 Å². The van der Waals surface area contributed by atoms with Crippen molar-refractivity contribution < 1.29 is 14.4 Å². The molecule has 0 aliphatic rings. The fourth-order valence-electron chi connectivity index (χ4n) is 3.69. The van der Waals surface area contributed by atoms with Crippen molar-refractivity contribution in [1.29, 1.82) is 0 Å². The van der Waals surface area contributed by atoms with E-state index in [1.807, 2.05) is 73.7 Å². The van der Waals surface area contributed by atoms with Gasteiger partial charge in [-0.25, -0.2) is 0 Å². The van der Waals surface area contributed by atoms with Crippen molar-refractivity contribution in [2.75, 3.05) is 19.7 Å². The Morgan fingerprint density at radius 1 is 1.03 bits per heavy atom. The molecule has 0 bridgehead atoms. The van der Waals surface area contributed by atoms with Gasteiger partial charge in [0.15, 0.2) is 0 Å². The lowest BCUT2D eigenvalue weighted by atomic mass is 10.2. The van der Waals surface area contributed by atoms with Gasteiger partial charge in [-0.2, -0.15) is 4.98 Å². The fraction of sp³-hybridized carbons (Fsp3) is 0.259. The van der Waals surface area contributed by atoms with Crippen LogP contribution in [0.5, 0.6) is 5.75 Å². The second-order valence-electron chi connectivity index (χ2n) is 8.22. The van der Waals surface area contributed by atoms with Crippen LogP contribution in [-0.4, -0.2) is 45.9 Å². The highest BCUT2D eigenvalue weighted by Crippen LogP contribution is 2.20. The average Bonchev–Trinajstić information content (AvgIpc) is 3.32. The molecule has 0 aliphatic carbocycles. The molecule has 0 aliphatic heterocycles. The fourth-order valence-corrected chi connectivity index (χ4v) is 3.88. The van der Waals surface area contributed by atoms with Gasteiger partial charge < -0.3 is 14.4 Å². The quantitative estimate of drug-likeness (QED) is 0.321. The topological polar surface area (TPSA) is 71.6 Å². The van der Waals surface area contributed by atoms with Gasteiger partial charge in [0.05, 0.1) is 0 Å². The summed E-state index contributed by atoms with van der Waals surface area (Å²) in [5.41, 5.74) is 3.02. The molecule has 7 heteroatoms. The molecule has 4 aromatic rings. The first-order chi connectivity index (χ1) is 16.6. The molecule has 0 amide bonds. The third-order valence-corrected chi connectivity index (χ3v) is 5.67. The summed E-state index contributed by atoms with van der Waals surface area (Å²) in [6, 6.07) is 25.3. The first-order valence-corrected chi connectivity index (χ1v) is 11.7. The molecule has 0 radical (unpaired) electrons. The van der Waals surface area contributed by atoms with Gasteiger partial charge in [-0.15, -0.1) is 0 Å². The monoisotopic (exact) mass is 477 g/mol. The maximum absolute atomic E-state index is 10.7. The minimum atomic E-state index is -0.645. The van der Waals surface area contributed by atoms with Crippen molar-refractivity contribution in [3.05, 3.63) is 101 Å². The Labute approximate surface area is 204 Å². The van der Waals surface area contributed by atoms with E-state index in [9.17, 15) is 5.11 Å². The van der Waals surface area contributed by atoms with Crippen LogP contribution in [0, 0.1) is 6.92 Å². The van der Waals surface area contributed by atoms with E-state index in [2.05, 4.69) is 27.2 Å². The molecule has 176 valence electrons. The zero-order chi connectivity index (χ0) is 23.8. The standard InChI is InChI=1S/C27H28ClN3O3/c1-20-8-5-6-13-25(20)33-19-24(32)18-31(17-21-9-3-2-4-10-21)15-14-26-29-27(30-34-26)22-11-7-12-23(28)16-22/h2-13,16,24,32H,14-15,17-19H2,1H3. The Morgan fingerprint density at radius 2 is 1.82 bits per heavy atom. The summed E-state index contributed by atoms with van der Waals surface area (Å²) < 4.78 is 11.3. The maximum atomic E-state index is 10.7. The van der Waals surface area contributed by atoms with Crippen molar-refractivity contribution in [2.24, 2.45) is 0 Å². The minimum Gasteiger partial charge on any atom is -0.491 e. The number of rotatable bonds is 11. The van der Waals surface area contributed by atoms with Crippen molar-refractivity contribution in [3.8, 4) is 17.1 Å². The predicted molar refractivity (Wildman–Crippen MR) is 133 cm³/mol. The molecule has 34 heavy (non-hydrogen) atoms. The average molecular weight is 478 g/mol. The normalized spacial score (nSPS) is 12.1. The van der Waals surface area contributed by atoms with Gasteiger partial charge in [-0.05, 0) is 36.2 Å². The zero-order valence-corrected chi connectivity index (χ0v) is 19.9. The van der Waals surface area contributed by atoms with E-state index in [0.717, 1.165) is 16.9 Å². The van der Waals surface area contributed by atoms with E-state index in [0.29, 0.717) is 42.8 Å². The summed E-state index contributed by atoms with van der Waals surface area (Å²) in [7, 11) is 0. The van der Waals surface area contributed by atoms with Gasteiger partial charge in [-0.1, -0.05) is 77.4 Å². The SMILES string of the molecule is Cc1ccccc1OCC(O)CN(CCc1nc(-c2cccc(Cl)c2)no1)Cc1ccccc1. The van der Waals surface area contributed by atoms with Crippen LogP contribution in [0.2, 0.25) is 5.02 Å². The van der Waals surface area contributed by atoms with Crippen molar-refractivity contribution in [2.45, 2.75) is 26.0 Å². The lowest BCUT2D eigenvalue weighted by molar-refractivity contribution is 0.0649. The summed E-state index contributed by atoms with van der Waals surface area (Å²) in [6.07, 6.45) is -0.0841. The summed E-state index contributed by atoms with van der Waals surface area (Å²) in [4.78, 5) is 6.69. The van der Waals surface area contributed by atoms with Crippen molar-refractivity contribution >= 4 is 11.6 Å². The Morgan fingerprint density at radius 3 is 2.62 bits per heavy atom. The summed E-state index contributed by atoms with van der Waals surface area (Å²) in [5, 5.41) is 15.4. The number of aryl methyl sites for hydroxylation is 1. The van der Waals surface area contributed by atoms with Gasteiger partial charge in [-0.3, -0.25) is 4.90 Å². The van der Waals surface area contributed by atoms with Crippen LogP contribution in [-0.2, 0) is 13.0 Å². The van der Waals surface area contributed by atoms with Crippen LogP contribution in [0.1, 0.15) is 17.0 Å². The molecule has 6 nitrogen and oxygen atoms in total. The van der Waals surface area contributed by atoms with E-state index in [1.54, 1.807) is 0 Å². The Kier molecular flexibility index (Phi) is 8.31. The molecule has 1 N–H and O–H groups in total. The molecule has 1 atom stereocenters. The third-order valence-electron chi connectivity index (χ3n) is 5.44. The number of ether oxygens (including phenoxy) is 1. The molecule has 4 rings (SSSR count). The summed E-state index contributed by atoms with van der Waals surface area (Å²) >= 11 is 6.08. The Balaban J connectivity index is 1.38. The molecule has 1 heterocycles. The summed E-state index contributed by atoms with van der Waals surface area (Å²) in [6.45, 7) is 4.00. The van der Waals surface area contributed by atoms with E-state index < -0.39 is 6.10 Å². The minimum absolute atomic E-state index is 0.218. The smallest absolute Gasteiger partial charge is 0.228 e. The number of halogens is 1. The third kappa shape index (κ3) is 6.90. The van der Waals surface area contributed by atoms with Crippen LogP contribution in [0.15, 0.2) is 83.4 Å². The predicted octanol–water partition coefficient (Wildman–Crippen LogP) is 5.18. The molecule has 1 aromatic heterocycles. The Bertz CT molecular complexity index is 1180. The van der Waals surface area contributed by atoms with Crippen LogP contribution < -0.4 is 4.74 Å². The van der Waals surface area contributed by atoms with E-state index >= 15 is 0 Å². The molecular weight excluding hydrogens is 450 g/mol. The van der Waals surface area contributed by atoms with Crippen molar-refractivity contribution in [1.82, 2.24) is 15.0 Å². The number of hydrogen-bond donors (Lipinski definition) is 1. The second kappa shape index (κ2) is 11.8. The van der Waals surface area contributed by atoms with Crippen LogP contribution in [0.3, 0.4) is 0 Å². The highest BCUT2D eigenvalue weighted by Gasteiger charge is 2.16. The molecule has 1 unspecified atom stereocenters. The lowest BCUT2D eigenvalue weighted by Gasteiger charge is -2.25. The van der Waals surface area contributed by atoms with Crippen LogP contribution in [0.4, 0.5) is 0 Å². The number of aliphatic hydroxyl groups excluding tert-OH is 1. The number of aromatic nitrogens is 2. The molecule has 3 aromatic carbocycles. The van der Waals surface area contributed by atoms with E-state index in [4.69, 9.17) is 20.9 Å². The zero-order valence-electron chi connectivity index (χ0n) is 19.1. The Hall–Kier alpha value is -3.19. The number of benzene rings is 3. The number of nitrogens with zero attached hydrogens (tertiary/aromatic N) is 3. The molecule has 0 saturated carbocycles. The van der Waals surface area contributed by atoms with E-state index in [1.165, 1.54) is 5.56 Å². The molecule has 0 fully saturated rings. The second-order valence-corrected chi connectivity index (χ2v) is 8.66. The van der Waals surface area contributed by atoms with Crippen molar-refractivity contribution in [3.63, 3.8) is 0 Å². The summed E-state index contributed by atoms with van der Waals surface area (Å²) in [5.74, 6) is 1.84. The van der Waals surface area contributed by atoms with Gasteiger partial charge in [0, 0.05) is 36.6 Å². The molecule has 0 spiro atoms. The van der Waals surface area contributed by atoms with Gasteiger partial charge >= 0.3 is 0 Å². The number of hydrogen-bond acceptors (Lipinski definition) is 6. The van der Waals surface area contributed by atoms with Crippen LogP contribution in [0.25, 0.3) is 11.4 Å². The van der Waals surface area contributed by atoms with Crippen LogP contribution >= 0.6 is 11.6 Å². The van der Waals surface area contributed by atoms with Gasteiger partial charge in [0.1, 0.15) is 18.5 Å². The lowest BCUT2D eigenvalue weighted by Crippen LogP contribution is -2.36. The first-order valence-electron chi connectivity index (χ1n) is 11.3. The number of aliphatic hydroxyl groups is 1. The molecule has 0 saturated heterocycles. The van der Waals surface area contributed by atoms with Gasteiger partial charge in [0.2, 0.25) is 11.7 Å². The number of para-hydroxylation sites is 1. The highest BCUT2D eigenvalue weighted by molar-refractivity contribution is 6.30. The first kappa shape index (κ1) is 24.0. The largest absolute Gasteiger partial charge is 0.491 e.